The molecule has 0 spiro atoms. The second kappa shape index (κ2) is 3.93. The van der Waals surface area contributed by atoms with Gasteiger partial charge in [-0.15, -0.1) is 0 Å². The monoisotopic (exact) mass is 230 g/mol. The van der Waals surface area contributed by atoms with E-state index in [0.29, 0.717) is 0 Å². The van der Waals surface area contributed by atoms with Gasteiger partial charge in [0.25, 0.3) is 0 Å². The van der Waals surface area contributed by atoms with Crippen molar-refractivity contribution in [1.82, 2.24) is 0 Å². The molecule has 0 aliphatic carbocycles. The summed E-state index contributed by atoms with van der Waals surface area (Å²) in [5.41, 5.74) is 2.43. The molecule has 0 radical (unpaired) electrons. The van der Waals surface area contributed by atoms with E-state index in [9.17, 15) is 0 Å². The van der Waals surface area contributed by atoms with Gasteiger partial charge in [-0.05, 0) is 23.3 Å². The Morgan fingerprint density at radius 3 is 1.94 bits per heavy atom. The molecule has 16 heavy (non-hydrogen) atoms. The highest BCUT2D eigenvalue weighted by Gasteiger charge is 2.41. The Morgan fingerprint density at radius 1 is 0.750 bits per heavy atom. The quantitative estimate of drug-likeness (QED) is 0.706. The summed E-state index contributed by atoms with van der Waals surface area (Å²) in [5.74, 6) is 0. The number of hydrogen-bond donors (Lipinski definition) is 0. The van der Waals surface area contributed by atoms with Gasteiger partial charge in [-0.2, -0.15) is 0 Å². The number of hydrogen-bond acceptors (Lipinski definition) is 1. The largest absolute Gasteiger partial charge is 0.359 e. The Bertz CT molecular complexity index is 478. The van der Waals surface area contributed by atoms with Crippen LogP contribution in [0.2, 0.25) is 5.02 Å². The maximum absolute atomic E-state index is 5.85. The summed E-state index contributed by atoms with van der Waals surface area (Å²) in [7, 11) is 0. The first-order valence-electron chi connectivity index (χ1n) is 5.30. The summed E-state index contributed by atoms with van der Waals surface area (Å²) < 4.78 is 5.69. The predicted octanol–water partition coefficient (Wildman–Crippen LogP) is 4.15. The van der Waals surface area contributed by atoms with Crippen LogP contribution in [0, 0.1) is 0 Å². The standard InChI is InChI=1S/C14H11ClO/c15-12-8-6-11(7-9-12)14-13(16-14)10-4-2-1-3-5-10/h1-9,13-14H/t13-,14-/m1/s1. The highest BCUT2D eigenvalue weighted by Crippen LogP contribution is 2.50. The Morgan fingerprint density at radius 2 is 1.31 bits per heavy atom. The number of rotatable bonds is 2. The molecular weight excluding hydrogens is 220 g/mol. The molecule has 2 heteroatoms. The minimum atomic E-state index is 0.194. The molecule has 0 bridgehead atoms. The molecule has 2 aromatic carbocycles. The lowest BCUT2D eigenvalue weighted by molar-refractivity contribution is 0.377. The Kier molecular flexibility index (Phi) is 2.43. The zero-order valence-corrected chi connectivity index (χ0v) is 9.39. The van der Waals surface area contributed by atoms with Gasteiger partial charge in [0.1, 0.15) is 12.2 Å². The van der Waals surface area contributed by atoms with Gasteiger partial charge < -0.3 is 4.74 Å². The molecule has 1 aliphatic rings. The topological polar surface area (TPSA) is 12.5 Å². The van der Waals surface area contributed by atoms with E-state index in [1.807, 2.05) is 42.5 Å². The fraction of sp³-hybridized carbons (Fsp3) is 0.143. The highest BCUT2D eigenvalue weighted by atomic mass is 35.5. The maximum atomic E-state index is 5.85. The zero-order valence-electron chi connectivity index (χ0n) is 8.64. The van der Waals surface area contributed by atoms with Crippen molar-refractivity contribution in [2.75, 3.05) is 0 Å². The smallest absolute Gasteiger partial charge is 0.114 e. The lowest BCUT2D eigenvalue weighted by Gasteiger charge is -1.97. The third kappa shape index (κ3) is 1.84. The minimum absolute atomic E-state index is 0.194. The van der Waals surface area contributed by atoms with Crippen LogP contribution >= 0.6 is 11.6 Å². The van der Waals surface area contributed by atoms with Gasteiger partial charge in [0.2, 0.25) is 0 Å². The molecule has 1 saturated heterocycles. The van der Waals surface area contributed by atoms with E-state index in [0.717, 1.165) is 5.02 Å². The first-order chi connectivity index (χ1) is 7.84. The van der Waals surface area contributed by atoms with Crippen LogP contribution in [0.3, 0.4) is 0 Å². The molecule has 2 aromatic rings. The van der Waals surface area contributed by atoms with Crippen LogP contribution in [-0.2, 0) is 4.74 Å². The summed E-state index contributed by atoms with van der Waals surface area (Å²) in [6.07, 6.45) is 0.405. The summed E-state index contributed by atoms with van der Waals surface area (Å²) in [5, 5.41) is 0.765. The molecule has 0 saturated carbocycles. The summed E-state index contributed by atoms with van der Waals surface area (Å²) in [6, 6.07) is 18.1. The van der Waals surface area contributed by atoms with Crippen LogP contribution in [0.4, 0.5) is 0 Å². The molecule has 0 aromatic heterocycles. The summed E-state index contributed by atoms with van der Waals surface area (Å²) >= 11 is 5.85. The van der Waals surface area contributed by atoms with Crippen molar-refractivity contribution in [3.63, 3.8) is 0 Å². The normalized spacial score (nSPS) is 23.1. The first kappa shape index (κ1) is 9.88. The van der Waals surface area contributed by atoms with E-state index in [4.69, 9.17) is 16.3 Å². The number of halogens is 1. The van der Waals surface area contributed by atoms with Gasteiger partial charge in [-0.25, -0.2) is 0 Å². The molecule has 80 valence electrons. The van der Waals surface area contributed by atoms with E-state index in [2.05, 4.69) is 12.1 Å². The Balaban J connectivity index is 1.79. The summed E-state index contributed by atoms with van der Waals surface area (Å²) in [4.78, 5) is 0. The van der Waals surface area contributed by atoms with Gasteiger partial charge in [-0.3, -0.25) is 0 Å². The Hall–Kier alpha value is -1.31. The zero-order chi connectivity index (χ0) is 11.0. The second-order valence-corrected chi connectivity index (χ2v) is 4.38. The van der Waals surface area contributed by atoms with Crippen LogP contribution in [0.15, 0.2) is 54.6 Å². The van der Waals surface area contributed by atoms with Crippen molar-refractivity contribution in [3.05, 3.63) is 70.7 Å². The molecule has 1 fully saturated rings. The molecule has 0 unspecified atom stereocenters. The van der Waals surface area contributed by atoms with Gasteiger partial charge in [-0.1, -0.05) is 54.1 Å². The SMILES string of the molecule is Clc1ccc([C@H]2O[C@@H]2c2ccccc2)cc1. The molecule has 1 aliphatic heterocycles. The van der Waals surface area contributed by atoms with Crippen LogP contribution in [0.5, 0.6) is 0 Å². The van der Waals surface area contributed by atoms with Gasteiger partial charge in [0, 0.05) is 5.02 Å². The van der Waals surface area contributed by atoms with Crippen LogP contribution < -0.4 is 0 Å². The fourth-order valence-corrected chi connectivity index (χ4v) is 2.04. The van der Waals surface area contributed by atoms with Gasteiger partial charge >= 0.3 is 0 Å². The van der Waals surface area contributed by atoms with Crippen molar-refractivity contribution in [3.8, 4) is 0 Å². The van der Waals surface area contributed by atoms with Gasteiger partial charge in [0.05, 0.1) is 0 Å². The lowest BCUT2D eigenvalue weighted by atomic mass is 10.0. The third-order valence-corrected chi connectivity index (χ3v) is 3.07. The molecule has 1 heterocycles. The average molecular weight is 231 g/mol. The van der Waals surface area contributed by atoms with Crippen LogP contribution in [-0.4, -0.2) is 0 Å². The number of epoxide rings is 1. The highest BCUT2D eigenvalue weighted by molar-refractivity contribution is 6.30. The van der Waals surface area contributed by atoms with Gasteiger partial charge in [0.15, 0.2) is 0 Å². The van der Waals surface area contributed by atoms with Crippen molar-refractivity contribution < 1.29 is 4.74 Å². The van der Waals surface area contributed by atoms with Crippen LogP contribution in [0.1, 0.15) is 23.3 Å². The van der Waals surface area contributed by atoms with Crippen molar-refractivity contribution in [2.24, 2.45) is 0 Å². The number of benzene rings is 2. The Labute approximate surface area is 99.6 Å². The van der Waals surface area contributed by atoms with E-state index in [1.54, 1.807) is 0 Å². The molecule has 2 atom stereocenters. The fourth-order valence-electron chi connectivity index (χ4n) is 1.91. The van der Waals surface area contributed by atoms with Crippen molar-refractivity contribution in [2.45, 2.75) is 12.2 Å². The first-order valence-corrected chi connectivity index (χ1v) is 5.68. The van der Waals surface area contributed by atoms with E-state index >= 15 is 0 Å². The third-order valence-electron chi connectivity index (χ3n) is 2.82. The minimum Gasteiger partial charge on any atom is -0.359 e. The molecule has 3 rings (SSSR count). The maximum Gasteiger partial charge on any atom is 0.114 e. The van der Waals surface area contributed by atoms with E-state index < -0.39 is 0 Å². The molecule has 0 amide bonds. The molecule has 0 N–H and O–H groups in total. The molecular formula is C14H11ClO. The van der Waals surface area contributed by atoms with E-state index in [1.165, 1.54) is 11.1 Å². The predicted molar refractivity (Wildman–Crippen MR) is 64.5 cm³/mol. The average Bonchev–Trinajstić information content (AvgIpc) is 3.11. The van der Waals surface area contributed by atoms with Crippen molar-refractivity contribution >= 4 is 11.6 Å². The molecule has 1 nitrogen and oxygen atoms in total. The number of ether oxygens (including phenoxy) is 1. The lowest BCUT2D eigenvalue weighted by Crippen LogP contribution is -1.83. The summed E-state index contributed by atoms with van der Waals surface area (Å²) in [6.45, 7) is 0. The second-order valence-electron chi connectivity index (χ2n) is 3.94. The van der Waals surface area contributed by atoms with E-state index in [-0.39, 0.29) is 12.2 Å². The van der Waals surface area contributed by atoms with Crippen LogP contribution in [0.25, 0.3) is 0 Å². The van der Waals surface area contributed by atoms with Crippen molar-refractivity contribution in [1.29, 1.82) is 0 Å².